The quantitative estimate of drug-likeness (QED) is 0.613. The summed E-state index contributed by atoms with van der Waals surface area (Å²) in [4.78, 5) is 0.0972. The van der Waals surface area contributed by atoms with Crippen LogP contribution in [-0.2, 0) is 14.8 Å². The molecule has 0 aliphatic heterocycles. The van der Waals surface area contributed by atoms with Gasteiger partial charge in [0.25, 0.3) is 0 Å². The van der Waals surface area contributed by atoms with E-state index in [1.807, 2.05) is 16.8 Å². The number of sulfonamides is 1. The average molecular weight is 385 g/mol. The van der Waals surface area contributed by atoms with Crippen LogP contribution in [-0.4, -0.2) is 42.0 Å². The number of hydrogen-bond donors (Lipinski definition) is 2. The fourth-order valence-electron chi connectivity index (χ4n) is 2.19. The molecule has 1 unspecified atom stereocenters. The number of aromatic nitrogens is 2. The van der Waals surface area contributed by atoms with Gasteiger partial charge in [0, 0.05) is 6.54 Å². The molecule has 1 atom stereocenters. The van der Waals surface area contributed by atoms with Gasteiger partial charge in [0.05, 0.1) is 31.0 Å². The first-order chi connectivity index (χ1) is 11.6. The van der Waals surface area contributed by atoms with E-state index in [1.165, 1.54) is 17.4 Å². The SMILES string of the molecule is O=S(=O)(NCC(OCCO)c1ccsc1)c1cccc2nsnc12. The zero-order valence-electron chi connectivity index (χ0n) is 12.5. The number of benzene rings is 1. The highest BCUT2D eigenvalue weighted by Crippen LogP contribution is 2.23. The number of aliphatic hydroxyl groups is 1. The predicted octanol–water partition coefficient (Wildman–Crippen LogP) is 1.78. The van der Waals surface area contributed by atoms with Gasteiger partial charge in [0.15, 0.2) is 0 Å². The third kappa shape index (κ3) is 3.79. The van der Waals surface area contributed by atoms with Crippen molar-refractivity contribution >= 4 is 44.1 Å². The highest BCUT2D eigenvalue weighted by Gasteiger charge is 2.22. The summed E-state index contributed by atoms with van der Waals surface area (Å²) in [5, 5.41) is 12.7. The maximum absolute atomic E-state index is 12.6. The Morgan fingerprint density at radius 1 is 1.29 bits per heavy atom. The van der Waals surface area contributed by atoms with Crippen molar-refractivity contribution in [3.05, 3.63) is 40.6 Å². The van der Waals surface area contributed by atoms with Gasteiger partial charge in [0.1, 0.15) is 15.9 Å². The molecule has 24 heavy (non-hydrogen) atoms. The maximum atomic E-state index is 12.6. The van der Waals surface area contributed by atoms with Gasteiger partial charge >= 0.3 is 0 Å². The van der Waals surface area contributed by atoms with E-state index in [0.29, 0.717) is 11.0 Å². The van der Waals surface area contributed by atoms with Crippen LogP contribution >= 0.6 is 23.1 Å². The number of aliphatic hydroxyl groups excluding tert-OH is 1. The molecule has 3 rings (SSSR count). The molecule has 2 N–H and O–H groups in total. The second-order valence-electron chi connectivity index (χ2n) is 4.88. The van der Waals surface area contributed by atoms with Crippen molar-refractivity contribution in [2.24, 2.45) is 0 Å². The average Bonchev–Trinajstić information content (AvgIpc) is 3.25. The lowest BCUT2D eigenvalue weighted by atomic mass is 10.2. The van der Waals surface area contributed by atoms with E-state index in [1.54, 1.807) is 12.1 Å². The molecule has 7 nitrogen and oxygen atoms in total. The molecule has 0 aliphatic carbocycles. The molecule has 2 heterocycles. The summed E-state index contributed by atoms with van der Waals surface area (Å²) < 4.78 is 41.5. The summed E-state index contributed by atoms with van der Waals surface area (Å²) in [5.41, 5.74) is 1.77. The molecule has 0 spiro atoms. The molecule has 128 valence electrons. The summed E-state index contributed by atoms with van der Waals surface area (Å²) in [6.07, 6.45) is -0.467. The largest absolute Gasteiger partial charge is 0.394 e. The van der Waals surface area contributed by atoms with Gasteiger partial charge in [-0.2, -0.15) is 20.1 Å². The Bertz CT molecular complexity index is 893. The van der Waals surface area contributed by atoms with E-state index in [2.05, 4.69) is 13.5 Å². The fourth-order valence-corrected chi connectivity index (χ4v) is 4.69. The van der Waals surface area contributed by atoms with Gasteiger partial charge < -0.3 is 9.84 Å². The van der Waals surface area contributed by atoms with Crippen LogP contribution in [0.1, 0.15) is 11.7 Å². The van der Waals surface area contributed by atoms with Crippen molar-refractivity contribution in [2.75, 3.05) is 19.8 Å². The molecular weight excluding hydrogens is 370 g/mol. The number of ether oxygens (including phenoxy) is 1. The zero-order chi connectivity index (χ0) is 17.0. The minimum absolute atomic E-state index is 0.0625. The number of rotatable bonds is 8. The van der Waals surface area contributed by atoms with E-state index in [4.69, 9.17) is 9.84 Å². The first-order valence-electron chi connectivity index (χ1n) is 7.07. The second kappa shape index (κ2) is 7.64. The molecule has 0 amide bonds. The molecule has 1 aromatic carbocycles. The summed E-state index contributed by atoms with van der Waals surface area (Å²) in [6, 6.07) is 6.72. The molecular formula is C14H15N3O4S3. The van der Waals surface area contributed by atoms with Crippen molar-refractivity contribution in [1.82, 2.24) is 13.5 Å². The Hall–Kier alpha value is -1.43. The minimum atomic E-state index is -3.75. The zero-order valence-corrected chi connectivity index (χ0v) is 14.9. The molecule has 0 fully saturated rings. The highest BCUT2D eigenvalue weighted by atomic mass is 32.2. The van der Waals surface area contributed by atoms with Crippen molar-refractivity contribution in [3.63, 3.8) is 0 Å². The van der Waals surface area contributed by atoms with Crippen LogP contribution < -0.4 is 4.72 Å². The van der Waals surface area contributed by atoms with Gasteiger partial charge in [0.2, 0.25) is 10.0 Å². The first-order valence-corrected chi connectivity index (χ1v) is 10.2. The van der Waals surface area contributed by atoms with Crippen molar-refractivity contribution in [3.8, 4) is 0 Å². The Morgan fingerprint density at radius 2 is 2.17 bits per heavy atom. The van der Waals surface area contributed by atoms with Crippen LogP contribution in [0.25, 0.3) is 11.0 Å². The molecule has 0 aliphatic rings. The number of thiophene rings is 1. The summed E-state index contributed by atoms with van der Waals surface area (Å²) in [6.45, 7) is 0.0675. The van der Waals surface area contributed by atoms with E-state index in [-0.39, 0.29) is 24.7 Å². The Labute approximate surface area is 147 Å². The van der Waals surface area contributed by atoms with Gasteiger partial charge in [-0.3, -0.25) is 0 Å². The summed E-state index contributed by atoms with van der Waals surface area (Å²) >= 11 is 2.47. The lowest BCUT2D eigenvalue weighted by Gasteiger charge is -2.17. The number of nitrogens with zero attached hydrogens (tertiary/aromatic N) is 2. The molecule has 0 radical (unpaired) electrons. The molecule has 0 saturated heterocycles. The van der Waals surface area contributed by atoms with E-state index < -0.39 is 16.1 Å². The predicted molar refractivity (Wildman–Crippen MR) is 92.7 cm³/mol. The maximum Gasteiger partial charge on any atom is 0.242 e. The van der Waals surface area contributed by atoms with Crippen LogP contribution in [0.4, 0.5) is 0 Å². The Balaban J connectivity index is 1.79. The van der Waals surface area contributed by atoms with Crippen LogP contribution in [0, 0.1) is 0 Å². The molecule has 0 bridgehead atoms. The van der Waals surface area contributed by atoms with Crippen LogP contribution in [0.15, 0.2) is 39.9 Å². The smallest absolute Gasteiger partial charge is 0.242 e. The second-order valence-corrected chi connectivity index (χ2v) is 7.92. The van der Waals surface area contributed by atoms with Crippen molar-refractivity contribution in [1.29, 1.82) is 0 Å². The normalized spacial score (nSPS) is 13.4. The molecule has 2 aromatic heterocycles. The van der Waals surface area contributed by atoms with Gasteiger partial charge in [-0.25, -0.2) is 13.1 Å². The topological polar surface area (TPSA) is 101 Å². The van der Waals surface area contributed by atoms with Gasteiger partial charge in [-0.15, -0.1) is 0 Å². The van der Waals surface area contributed by atoms with Gasteiger partial charge in [-0.1, -0.05) is 6.07 Å². The number of fused-ring (bicyclic) bond motifs is 1. The molecule has 3 aromatic rings. The minimum Gasteiger partial charge on any atom is -0.394 e. The third-order valence-corrected chi connectivity index (χ3v) is 6.02. The van der Waals surface area contributed by atoms with Crippen LogP contribution in [0.2, 0.25) is 0 Å². The van der Waals surface area contributed by atoms with Gasteiger partial charge in [-0.05, 0) is 34.5 Å². The third-order valence-electron chi connectivity index (χ3n) is 3.32. The number of nitrogens with one attached hydrogen (secondary N) is 1. The Kier molecular flexibility index (Phi) is 5.54. The van der Waals surface area contributed by atoms with E-state index >= 15 is 0 Å². The van der Waals surface area contributed by atoms with Crippen LogP contribution in [0.5, 0.6) is 0 Å². The van der Waals surface area contributed by atoms with Crippen LogP contribution in [0.3, 0.4) is 0 Å². The van der Waals surface area contributed by atoms with Crippen molar-refractivity contribution < 1.29 is 18.3 Å². The lowest BCUT2D eigenvalue weighted by molar-refractivity contribution is 0.0311. The van der Waals surface area contributed by atoms with Crippen molar-refractivity contribution in [2.45, 2.75) is 11.0 Å². The lowest BCUT2D eigenvalue weighted by Crippen LogP contribution is -2.30. The highest BCUT2D eigenvalue weighted by molar-refractivity contribution is 7.89. The standard InChI is InChI=1S/C14H15N3O4S3/c18-5-6-21-12(10-4-7-22-9-10)8-15-24(19,20)13-3-1-2-11-14(13)17-23-16-11/h1-4,7,9,12,15,18H,5-6,8H2. The van der Waals surface area contributed by atoms with E-state index in [0.717, 1.165) is 17.3 Å². The Morgan fingerprint density at radius 3 is 2.92 bits per heavy atom. The van der Waals surface area contributed by atoms with E-state index in [9.17, 15) is 8.42 Å². The summed E-state index contributed by atoms with van der Waals surface area (Å²) in [5.74, 6) is 0. The monoisotopic (exact) mass is 385 g/mol. The fraction of sp³-hybridized carbons (Fsp3) is 0.286. The molecule has 10 heteroatoms. The summed E-state index contributed by atoms with van der Waals surface area (Å²) in [7, 11) is -3.75. The first kappa shape index (κ1) is 17.4. The number of hydrogen-bond acceptors (Lipinski definition) is 8. The molecule has 0 saturated carbocycles.